The van der Waals surface area contributed by atoms with Gasteiger partial charge in [0.05, 0.1) is 0 Å². The zero-order valence-corrected chi connectivity index (χ0v) is 46.3. The van der Waals surface area contributed by atoms with Crippen molar-refractivity contribution in [3.8, 4) is 0 Å². The second kappa shape index (κ2) is 58.2. The van der Waals surface area contributed by atoms with Crippen LogP contribution < -0.4 is 0 Å². The van der Waals surface area contributed by atoms with Crippen molar-refractivity contribution in [2.45, 2.75) is 335 Å². The largest absolute Gasteiger partial charge is 0.462 e. The minimum Gasteiger partial charge on any atom is -0.462 e. The summed E-state index contributed by atoms with van der Waals surface area (Å²) in [5, 5.41) is 0. The van der Waals surface area contributed by atoms with Crippen LogP contribution in [-0.2, 0) is 28.6 Å². The average molecular weight is 970 g/mol. The van der Waals surface area contributed by atoms with E-state index in [2.05, 4.69) is 57.2 Å². The third kappa shape index (κ3) is 56.4. The van der Waals surface area contributed by atoms with E-state index in [9.17, 15) is 14.4 Å². The Morgan fingerprint density at radius 1 is 0.290 bits per heavy atom. The molecule has 0 saturated heterocycles. The number of rotatable bonds is 56. The van der Waals surface area contributed by atoms with E-state index in [1.165, 1.54) is 199 Å². The standard InChI is InChI=1S/C63H116O6/c1-4-7-10-13-16-19-22-24-26-28-29-30-31-32-33-34-35-37-38-41-44-47-50-53-56-62(65)68-59-60(58-67-61(64)55-52-49-46-43-40-21-18-15-12-9-6-3)69-63(66)57-54-51-48-45-42-39-36-27-25-23-20-17-14-11-8-5-2/h15,18,20,23,27,36,60H,4-14,16-17,19,21-22,24-26,28-35,37-59H2,1-3H3/b18-15-,23-20-,36-27-. The van der Waals surface area contributed by atoms with Gasteiger partial charge in [-0.1, -0.05) is 276 Å². The Hall–Kier alpha value is -2.37. The van der Waals surface area contributed by atoms with Gasteiger partial charge in [-0.05, 0) is 70.6 Å². The Morgan fingerprint density at radius 3 is 0.870 bits per heavy atom. The third-order valence-corrected chi connectivity index (χ3v) is 13.6. The fourth-order valence-corrected chi connectivity index (χ4v) is 8.99. The van der Waals surface area contributed by atoms with E-state index in [1.54, 1.807) is 0 Å². The van der Waals surface area contributed by atoms with Gasteiger partial charge in [0.25, 0.3) is 0 Å². The fraction of sp³-hybridized carbons (Fsp3) is 0.857. The van der Waals surface area contributed by atoms with Gasteiger partial charge in [-0.3, -0.25) is 14.4 Å². The second-order valence-electron chi connectivity index (χ2n) is 20.6. The molecule has 0 amide bonds. The van der Waals surface area contributed by atoms with Crippen LogP contribution in [0.3, 0.4) is 0 Å². The van der Waals surface area contributed by atoms with Crippen LogP contribution in [0.5, 0.6) is 0 Å². The molecule has 6 heteroatoms. The summed E-state index contributed by atoms with van der Waals surface area (Å²) in [5.41, 5.74) is 0. The van der Waals surface area contributed by atoms with E-state index in [0.29, 0.717) is 19.3 Å². The van der Waals surface area contributed by atoms with Gasteiger partial charge in [-0.15, -0.1) is 0 Å². The number of allylic oxidation sites excluding steroid dienone is 6. The zero-order valence-electron chi connectivity index (χ0n) is 46.3. The maximum Gasteiger partial charge on any atom is 0.306 e. The quantitative estimate of drug-likeness (QED) is 0.0261. The third-order valence-electron chi connectivity index (χ3n) is 13.6. The van der Waals surface area contributed by atoms with Gasteiger partial charge in [0.2, 0.25) is 0 Å². The van der Waals surface area contributed by atoms with Crippen LogP contribution in [0.25, 0.3) is 0 Å². The molecule has 69 heavy (non-hydrogen) atoms. The van der Waals surface area contributed by atoms with Gasteiger partial charge in [0.1, 0.15) is 13.2 Å². The molecule has 1 unspecified atom stereocenters. The molecule has 6 nitrogen and oxygen atoms in total. The first kappa shape index (κ1) is 66.6. The number of ether oxygens (including phenoxy) is 3. The molecule has 0 aliphatic carbocycles. The highest BCUT2D eigenvalue weighted by molar-refractivity contribution is 5.71. The van der Waals surface area contributed by atoms with E-state index >= 15 is 0 Å². The number of carbonyl (C=O) groups excluding carboxylic acids is 3. The highest BCUT2D eigenvalue weighted by Gasteiger charge is 2.19. The van der Waals surface area contributed by atoms with E-state index in [1.807, 2.05) is 0 Å². The topological polar surface area (TPSA) is 78.9 Å². The first-order valence-corrected chi connectivity index (χ1v) is 30.5. The van der Waals surface area contributed by atoms with Crippen molar-refractivity contribution in [2.75, 3.05) is 13.2 Å². The van der Waals surface area contributed by atoms with Crippen molar-refractivity contribution in [1.82, 2.24) is 0 Å². The molecule has 0 radical (unpaired) electrons. The second-order valence-corrected chi connectivity index (χ2v) is 20.6. The van der Waals surface area contributed by atoms with Crippen molar-refractivity contribution < 1.29 is 28.6 Å². The van der Waals surface area contributed by atoms with E-state index in [4.69, 9.17) is 14.2 Å². The zero-order chi connectivity index (χ0) is 50.0. The monoisotopic (exact) mass is 969 g/mol. The van der Waals surface area contributed by atoms with Crippen molar-refractivity contribution in [3.63, 3.8) is 0 Å². The molecule has 0 aromatic rings. The molecule has 0 bridgehead atoms. The Labute approximate surface area is 429 Å². The predicted molar refractivity (Wildman–Crippen MR) is 298 cm³/mol. The molecule has 0 aromatic heterocycles. The van der Waals surface area contributed by atoms with Crippen LogP contribution in [0.2, 0.25) is 0 Å². The Kier molecular flexibility index (Phi) is 56.2. The molecule has 0 N–H and O–H groups in total. The molecule has 0 heterocycles. The molecule has 0 aromatic carbocycles. The molecule has 0 spiro atoms. The van der Waals surface area contributed by atoms with Gasteiger partial charge >= 0.3 is 17.9 Å². The number of hydrogen-bond donors (Lipinski definition) is 0. The maximum atomic E-state index is 12.8. The van der Waals surface area contributed by atoms with Gasteiger partial charge in [-0.25, -0.2) is 0 Å². The first-order chi connectivity index (χ1) is 34.0. The molecule has 0 fully saturated rings. The highest BCUT2D eigenvalue weighted by atomic mass is 16.6. The summed E-state index contributed by atoms with van der Waals surface area (Å²) < 4.78 is 16.9. The summed E-state index contributed by atoms with van der Waals surface area (Å²) in [6, 6.07) is 0. The Morgan fingerprint density at radius 2 is 0.536 bits per heavy atom. The lowest BCUT2D eigenvalue weighted by Gasteiger charge is -2.18. The molecule has 0 aliphatic heterocycles. The van der Waals surface area contributed by atoms with Crippen LogP contribution >= 0.6 is 0 Å². The van der Waals surface area contributed by atoms with Crippen molar-refractivity contribution in [3.05, 3.63) is 36.5 Å². The van der Waals surface area contributed by atoms with E-state index in [-0.39, 0.29) is 31.1 Å². The highest BCUT2D eigenvalue weighted by Crippen LogP contribution is 2.17. The molecule has 0 aliphatic rings. The molecular formula is C63H116O6. The summed E-state index contributed by atoms with van der Waals surface area (Å²) in [6.07, 6.45) is 70.1. The Balaban J connectivity index is 4.22. The molecule has 1 atom stereocenters. The van der Waals surface area contributed by atoms with Gasteiger partial charge in [-0.2, -0.15) is 0 Å². The van der Waals surface area contributed by atoms with E-state index < -0.39 is 6.10 Å². The van der Waals surface area contributed by atoms with Gasteiger partial charge in [0.15, 0.2) is 6.10 Å². The fourth-order valence-electron chi connectivity index (χ4n) is 8.99. The lowest BCUT2D eigenvalue weighted by atomic mass is 10.0. The summed E-state index contributed by atoms with van der Waals surface area (Å²) in [7, 11) is 0. The first-order valence-electron chi connectivity index (χ1n) is 30.5. The number of carbonyl (C=O) groups is 3. The van der Waals surface area contributed by atoms with Crippen LogP contribution in [-0.4, -0.2) is 37.2 Å². The summed E-state index contributed by atoms with van der Waals surface area (Å²) in [6.45, 7) is 6.61. The van der Waals surface area contributed by atoms with Crippen LogP contribution in [0.15, 0.2) is 36.5 Å². The minimum absolute atomic E-state index is 0.0770. The minimum atomic E-state index is -0.780. The molecule has 0 rings (SSSR count). The van der Waals surface area contributed by atoms with Crippen molar-refractivity contribution >= 4 is 17.9 Å². The number of hydrogen-bond acceptors (Lipinski definition) is 6. The normalized spacial score (nSPS) is 12.2. The van der Waals surface area contributed by atoms with Crippen LogP contribution in [0.4, 0.5) is 0 Å². The Bertz CT molecular complexity index is 1160. The number of esters is 3. The van der Waals surface area contributed by atoms with Crippen LogP contribution in [0.1, 0.15) is 329 Å². The average Bonchev–Trinajstić information content (AvgIpc) is 3.35. The van der Waals surface area contributed by atoms with Gasteiger partial charge in [0, 0.05) is 19.3 Å². The lowest BCUT2D eigenvalue weighted by molar-refractivity contribution is -0.167. The predicted octanol–water partition coefficient (Wildman–Crippen LogP) is 20.4. The molecule has 0 saturated carbocycles. The molecular weight excluding hydrogens is 853 g/mol. The summed E-state index contributed by atoms with van der Waals surface area (Å²) in [4.78, 5) is 38.1. The van der Waals surface area contributed by atoms with Crippen molar-refractivity contribution in [2.24, 2.45) is 0 Å². The maximum absolute atomic E-state index is 12.8. The lowest BCUT2D eigenvalue weighted by Crippen LogP contribution is -2.30. The molecule has 404 valence electrons. The number of unbranched alkanes of at least 4 members (excludes halogenated alkanes) is 39. The SMILES string of the molecule is CCCC/C=C\CCCCCCCC(=O)OCC(COC(=O)CCCCCCCCCCCCCCCCCCCCCCCCCC)OC(=O)CCCCCCC/C=C\C/C=C\CCCCCC. The van der Waals surface area contributed by atoms with Gasteiger partial charge < -0.3 is 14.2 Å². The smallest absolute Gasteiger partial charge is 0.306 e. The van der Waals surface area contributed by atoms with Crippen molar-refractivity contribution in [1.29, 1.82) is 0 Å². The summed E-state index contributed by atoms with van der Waals surface area (Å²) in [5.74, 6) is -0.883. The van der Waals surface area contributed by atoms with E-state index in [0.717, 1.165) is 89.9 Å². The van der Waals surface area contributed by atoms with Crippen LogP contribution in [0, 0.1) is 0 Å². The summed E-state index contributed by atoms with van der Waals surface area (Å²) >= 11 is 0.